The summed E-state index contributed by atoms with van der Waals surface area (Å²) in [6.07, 6.45) is 0.107. The van der Waals surface area contributed by atoms with E-state index >= 15 is 0 Å². The summed E-state index contributed by atoms with van der Waals surface area (Å²) >= 11 is 0. The fraction of sp³-hybridized carbons (Fsp3) is 0.889. The van der Waals surface area contributed by atoms with Crippen molar-refractivity contribution in [1.29, 1.82) is 5.26 Å². The van der Waals surface area contributed by atoms with Crippen molar-refractivity contribution in [2.75, 3.05) is 13.2 Å². The lowest BCUT2D eigenvalue weighted by molar-refractivity contribution is 0.0799. The van der Waals surface area contributed by atoms with Crippen molar-refractivity contribution < 1.29 is 13.2 Å². The molecule has 0 saturated carbocycles. The lowest BCUT2D eigenvalue weighted by Crippen LogP contribution is -2.37. The molecule has 1 N–H and O–H groups in total. The summed E-state index contributed by atoms with van der Waals surface area (Å²) in [6.45, 7) is 6.03. The number of nitriles is 1. The summed E-state index contributed by atoms with van der Waals surface area (Å²) in [5.74, 6) is 0. The average molecular weight is 234 g/mol. The van der Waals surface area contributed by atoms with Crippen molar-refractivity contribution in [2.24, 2.45) is 0 Å². The molecule has 88 valence electrons. The molecule has 0 saturated heterocycles. The minimum absolute atomic E-state index is 0.180. The molecule has 0 aromatic rings. The molecule has 0 aromatic heterocycles. The predicted octanol–water partition coefficient (Wildman–Crippen LogP) is 0.633. The van der Waals surface area contributed by atoms with Crippen LogP contribution in [-0.2, 0) is 14.8 Å². The second kappa shape index (κ2) is 6.77. The highest BCUT2D eigenvalue weighted by Gasteiger charge is 2.23. The van der Waals surface area contributed by atoms with Gasteiger partial charge in [-0.05, 0) is 20.3 Å². The lowest BCUT2D eigenvalue weighted by atomic mass is 10.4. The molecule has 0 aliphatic rings. The third kappa shape index (κ3) is 5.11. The highest BCUT2D eigenvalue weighted by atomic mass is 32.2. The van der Waals surface area contributed by atoms with Gasteiger partial charge in [0.1, 0.15) is 0 Å². The number of nitrogens with one attached hydrogen (secondary N) is 1. The second-order valence-corrected chi connectivity index (χ2v) is 5.13. The maximum absolute atomic E-state index is 11.5. The largest absolute Gasteiger partial charge is 0.377 e. The molecule has 0 fully saturated rings. The molecule has 0 aromatic carbocycles. The van der Waals surface area contributed by atoms with E-state index in [9.17, 15) is 8.42 Å². The number of rotatable bonds is 7. The van der Waals surface area contributed by atoms with Crippen molar-refractivity contribution in [2.45, 2.75) is 38.5 Å². The maximum atomic E-state index is 11.5. The zero-order valence-corrected chi connectivity index (χ0v) is 10.2. The van der Waals surface area contributed by atoms with Gasteiger partial charge >= 0.3 is 0 Å². The average Bonchev–Trinajstić information content (AvgIpc) is 2.17. The number of nitrogens with zero attached hydrogens (tertiary/aromatic N) is 1. The van der Waals surface area contributed by atoms with Gasteiger partial charge in [-0.15, -0.1) is 0 Å². The van der Waals surface area contributed by atoms with Crippen LogP contribution in [-0.4, -0.2) is 32.9 Å². The van der Waals surface area contributed by atoms with Gasteiger partial charge < -0.3 is 4.74 Å². The molecular weight excluding hydrogens is 216 g/mol. The second-order valence-electron chi connectivity index (χ2n) is 3.19. The topological polar surface area (TPSA) is 79.2 Å². The fourth-order valence-corrected chi connectivity index (χ4v) is 2.30. The Balaban J connectivity index is 4.22. The molecule has 0 aliphatic carbocycles. The van der Waals surface area contributed by atoms with Crippen molar-refractivity contribution in [3.8, 4) is 6.07 Å². The molecule has 0 radical (unpaired) electrons. The van der Waals surface area contributed by atoms with Crippen LogP contribution in [0.15, 0.2) is 0 Å². The number of hydrogen-bond donors (Lipinski definition) is 1. The summed E-state index contributed by atoms with van der Waals surface area (Å²) in [6, 6.07) is 1.76. The lowest BCUT2D eigenvalue weighted by Gasteiger charge is -2.14. The van der Waals surface area contributed by atoms with E-state index in [0.29, 0.717) is 6.61 Å². The van der Waals surface area contributed by atoms with Gasteiger partial charge in [0.25, 0.3) is 0 Å². The Kier molecular flexibility index (Phi) is 6.48. The van der Waals surface area contributed by atoms with Gasteiger partial charge in [-0.3, -0.25) is 0 Å². The van der Waals surface area contributed by atoms with Gasteiger partial charge in [-0.25, -0.2) is 13.1 Å². The Morgan fingerprint density at radius 1 is 1.47 bits per heavy atom. The highest BCUT2D eigenvalue weighted by Crippen LogP contribution is 2.02. The summed E-state index contributed by atoms with van der Waals surface area (Å²) in [7, 11) is -3.53. The van der Waals surface area contributed by atoms with E-state index < -0.39 is 15.3 Å². The Bertz CT molecular complexity index is 308. The molecule has 2 unspecified atom stereocenters. The minimum atomic E-state index is -3.53. The Morgan fingerprint density at radius 3 is 2.47 bits per heavy atom. The molecule has 0 aliphatic heterocycles. The van der Waals surface area contributed by atoms with Gasteiger partial charge in [-0.2, -0.15) is 5.26 Å². The predicted molar refractivity (Wildman–Crippen MR) is 57.7 cm³/mol. The molecule has 0 amide bonds. The van der Waals surface area contributed by atoms with Crippen molar-refractivity contribution in [3.05, 3.63) is 0 Å². The highest BCUT2D eigenvalue weighted by molar-refractivity contribution is 7.90. The van der Waals surface area contributed by atoms with Gasteiger partial charge in [0.2, 0.25) is 10.0 Å². The first-order chi connectivity index (χ1) is 6.97. The van der Waals surface area contributed by atoms with Gasteiger partial charge in [0.15, 0.2) is 5.25 Å². The van der Waals surface area contributed by atoms with E-state index in [4.69, 9.17) is 10.00 Å². The molecule has 0 bridgehead atoms. The Morgan fingerprint density at radius 2 is 2.07 bits per heavy atom. The third-order valence-electron chi connectivity index (χ3n) is 1.91. The van der Waals surface area contributed by atoms with E-state index in [2.05, 4.69) is 4.72 Å². The first kappa shape index (κ1) is 14.4. The summed E-state index contributed by atoms with van der Waals surface area (Å²) < 4.78 is 30.6. The summed E-state index contributed by atoms with van der Waals surface area (Å²) in [5.41, 5.74) is 0. The molecule has 5 nitrogen and oxygen atoms in total. The van der Waals surface area contributed by atoms with Crippen LogP contribution in [0.4, 0.5) is 0 Å². The first-order valence-electron chi connectivity index (χ1n) is 4.97. The summed E-state index contributed by atoms with van der Waals surface area (Å²) in [5, 5.41) is 7.65. The van der Waals surface area contributed by atoms with Gasteiger partial charge in [0.05, 0.1) is 12.2 Å². The smallest absolute Gasteiger partial charge is 0.228 e. The van der Waals surface area contributed by atoms with Crippen LogP contribution in [0.3, 0.4) is 0 Å². The standard InChI is InChI=1S/C9H18N2O3S/c1-4-9(6-10)15(12,13)11-7-8(3)14-5-2/h8-9,11H,4-5,7H2,1-3H3. The first-order valence-corrected chi connectivity index (χ1v) is 6.52. The maximum Gasteiger partial charge on any atom is 0.228 e. The molecule has 15 heavy (non-hydrogen) atoms. The summed E-state index contributed by atoms with van der Waals surface area (Å²) in [4.78, 5) is 0. The molecule has 2 atom stereocenters. The van der Waals surface area contributed by atoms with Crippen molar-refractivity contribution in [1.82, 2.24) is 4.72 Å². The van der Waals surface area contributed by atoms with E-state index in [0.717, 1.165) is 0 Å². The van der Waals surface area contributed by atoms with Crippen molar-refractivity contribution in [3.63, 3.8) is 0 Å². The fourth-order valence-electron chi connectivity index (χ4n) is 1.06. The van der Waals surface area contributed by atoms with Crippen LogP contribution < -0.4 is 4.72 Å². The quantitative estimate of drug-likeness (QED) is 0.701. The van der Waals surface area contributed by atoms with E-state index in [1.807, 2.05) is 6.92 Å². The van der Waals surface area contributed by atoms with Crippen LogP contribution in [0.5, 0.6) is 0 Å². The van der Waals surface area contributed by atoms with Crippen LogP contribution in [0.1, 0.15) is 27.2 Å². The minimum Gasteiger partial charge on any atom is -0.377 e. The SMILES string of the molecule is CCOC(C)CNS(=O)(=O)C(C#N)CC. The van der Waals surface area contributed by atoms with Crippen LogP contribution in [0.25, 0.3) is 0 Å². The van der Waals surface area contributed by atoms with E-state index in [-0.39, 0.29) is 19.1 Å². The zero-order valence-electron chi connectivity index (χ0n) is 9.36. The van der Waals surface area contributed by atoms with Gasteiger partial charge in [0, 0.05) is 13.2 Å². The molecule has 0 rings (SSSR count). The van der Waals surface area contributed by atoms with Crippen LogP contribution in [0.2, 0.25) is 0 Å². The molecule has 0 heterocycles. The van der Waals surface area contributed by atoms with E-state index in [1.54, 1.807) is 19.9 Å². The number of hydrogen-bond acceptors (Lipinski definition) is 4. The van der Waals surface area contributed by atoms with Gasteiger partial charge in [-0.1, -0.05) is 6.92 Å². The van der Waals surface area contributed by atoms with Crippen LogP contribution in [0, 0.1) is 11.3 Å². The normalized spacial score (nSPS) is 15.6. The molecular formula is C9H18N2O3S. The zero-order chi connectivity index (χ0) is 11.9. The van der Waals surface area contributed by atoms with Crippen LogP contribution >= 0.6 is 0 Å². The Hall–Kier alpha value is -0.640. The van der Waals surface area contributed by atoms with E-state index in [1.165, 1.54) is 0 Å². The molecule has 6 heteroatoms. The number of ether oxygens (including phenoxy) is 1. The molecule has 0 spiro atoms. The number of sulfonamides is 1. The van der Waals surface area contributed by atoms with Crippen molar-refractivity contribution >= 4 is 10.0 Å². The Labute approximate surface area is 91.5 Å². The monoisotopic (exact) mass is 234 g/mol. The third-order valence-corrected chi connectivity index (χ3v) is 3.67.